The molecular formula is C11H13ClN2O2S. The quantitative estimate of drug-likeness (QED) is 0.792. The summed E-state index contributed by atoms with van der Waals surface area (Å²) in [7, 11) is -3.52. The molecule has 2 rings (SSSR count). The van der Waals surface area contributed by atoms with Crippen LogP contribution >= 0.6 is 11.6 Å². The summed E-state index contributed by atoms with van der Waals surface area (Å²) in [6.07, 6.45) is 1.36. The molecule has 0 saturated carbocycles. The molecule has 1 aliphatic rings. The minimum atomic E-state index is -3.52. The number of halogens is 1. The minimum Gasteiger partial charge on any atom is -0.330 e. The van der Waals surface area contributed by atoms with Crippen LogP contribution in [0.25, 0.3) is 0 Å². The molecule has 1 heterocycles. The fourth-order valence-electron chi connectivity index (χ4n) is 1.68. The average molecular weight is 273 g/mol. The van der Waals surface area contributed by atoms with Crippen molar-refractivity contribution in [2.45, 2.75) is 11.8 Å². The van der Waals surface area contributed by atoms with Crippen molar-refractivity contribution < 1.29 is 8.42 Å². The largest absolute Gasteiger partial charge is 0.330 e. The summed E-state index contributed by atoms with van der Waals surface area (Å²) in [6.45, 7) is 2.66. The van der Waals surface area contributed by atoms with Crippen molar-refractivity contribution >= 4 is 33.7 Å². The van der Waals surface area contributed by atoms with Crippen LogP contribution in [-0.4, -0.2) is 27.2 Å². The number of benzene rings is 1. The van der Waals surface area contributed by atoms with Gasteiger partial charge in [0.1, 0.15) is 11.2 Å². The second kappa shape index (κ2) is 4.66. The summed E-state index contributed by atoms with van der Waals surface area (Å²) in [5.74, 6) is 0.788. The van der Waals surface area contributed by atoms with Crippen molar-refractivity contribution in [3.05, 3.63) is 24.3 Å². The first-order valence-electron chi connectivity index (χ1n) is 5.26. The SMILES string of the molecule is CC(CCl)CN1C=NS(=O)(=O)c2ccccc21. The maximum absolute atomic E-state index is 11.7. The molecular weight excluding hydrogens is 260 g/mol. The molecule has 0 aliphatic carbocycles. The molecule has 1 aromatic rings. The number of fused-ring (bicyclic) bond motifs is 1. The van der Waals surface area contributed by atoms with Gasteiger partial charge in [0.25, 0.3) is 10.0 Å². The zero-order chi connectivity index (χ0) is 12.5. The number of nitrogens with zero attached hydrogens (tertiary/aromatic N) is 2. The van der Waals surface area contributed by atoms with Gasteiger partial charge in [0.15, 0.2) is 0 Å². The van der Waals surface area contributed by atoms with Gasteiger partial charge in [-0.1, -0.05) is 19.1 Å². The van der Waals surface area contributed by atoms with E-state index >= 15 is 0 Å². The Balaban J connectivity index is 2.40. The number of hydrogen-bond donors (Lipinski definition) is 0. The van der Waals surface area contributed by atoms with Crippen LogP contribution in [0, 0.1) is 5.92 Å². The van der Waals surface area contributed by atoms with Gasteiger partial charge >= 0.3 is 0 Å². The summed E-state index contributed by atoms with van der Waals surface area (Å²) < 4.78 is 27.0. The fraction of sp³-hybridized carbons (Fsp3) is 0.364. The van der Waals surface area contributed by atoms with E-state index in [9.17, 15) is 8.42 Å². The van der Waals surface area contributed by atoms with Crippen LogP contribution < -0.4 is 4.90 Å². The van der Waals surface area contributed by atoms with Gasteiger partial charge < -0.3 is 4.90 Å². The molecule has 0 fully saturated rings. The molecule has 6 heteroatoms. The third kappa shape index (κ3) is 2.45. The minimum absolute atomic E-state index is 0.254. The molecule has 0 aromatic heterocycles. The van der Waals surface area contributed by atoms with Crippen molar-refractivity contribution in [3.8, 4) is 0 Å². The van der Waals surface area contributed by atoms with E-state index in [1.165, 1.54) is 6.34 Å². The van der Waals surface area contributed by atoms with Crippen LogP contribution in [0.3, 0.4) is 0 Å². The number of hydrogen-bond acceptors (Lipinski definition) is 3. The maximum atomic E-state index is 11.7. The highest BCUT2D eigenvalue weighted by molar-refractivity contribution is 7.90. The van der Waals surface area contributed by atoms with Crippen molar-refractivity contribution in [2.24, 2.45) is 10.3 Å². The van der Waals surface area contributed by atoms with E-state index in [-0.39, 0.29) is 10.8 Å². The average Bonchev–Trinajstić information content (AvgIpc) is 2.33. The molecule has 0 radical (unpaired) electrons. The lowest BCUT2D eigenvalue weighted by Crippen LogP contribution is -2.31. The molecule has 92 valence electrons. The Labute approximate surface area is 106 Å². The summed E-state index contributed by atoms with van der Waals surface area (Å²) in [6, 6.07) is 6.85. The zero-order valence-electron chi connectivity index (χ0n) is 9.38. The number of para-hydroxylation sites is 1. The standard InChI is InChI=1S/C11H13ClN2O2S/c1-9(6-12)7-14-8-13-17(15,16)11-5-3-2-4-10(11)14/h2-5,8-9H,6-7H2,1H3. The van der Waals surface area contributed by atoms with Crippen molar-refractivity contribution in [2.75, 3.05) is 17.3 Å². The van der Waals surface area contributed by atoms with Gasteiger partial charge in [-0.25, -0.2) is 0 Å². The van der Waals surface area contributed by atoms with Crippen LogP contribution in [-0.2, 0) is 10.0 Å². The van der Waals surface area contributed by atoms with E-state index in [4.69, 9.17) is 11.6 Å². The van der Waals surface area contributed by atoms with Crippen molar-refractivity contribution in [1.82, 2.24) is 0 Å². The van der Waals surface area contributed by atoms with Crippen LogP contribution in [0.15, 0.2) is 33.6 Å². The third-order valence-corrected chi connectivity index (χ3v) is 4.35. The first kappa shape index (κ1) is 12.4. The Bertz CT molecular complexity index is 542. The predicted molar refractivity (Wildman–Crippen MR) is 69.3 cm³/mol. The van der Waals surface area contributed by atoms with Crippen molar-refractivity contribution in [3.63, 3.8) is 0 Å². The van der Waals surface area contributed by atoms with Gasteiger partial charge in [-0.15, -0.1) is 16.0 Å². The lowest BCUT2D eigenvalue weighted by molar-refractivity contribution is 0.595. The number of rotatable bonds is 3. The van der Waals surface area contributed by atoms with Crippen LogP contribution in [0.5, 0.6) is 0 Å². The molecule has 0 saturated heterocycles. The molecule has 17 heavy (non-hydrogen) atoms. The fourth-order valence-corrected chi connectivity index (χ4v) is 2.83. The van der Waals surface area contributed by atoms with E-state index in [0.717, 1.165) is 0 Å². The Kier molecular flexibility index (Phi) is 3.40. The Morgan fingerprint density at radius 2 is 2.12 bits per heavy atom. The third-order valence-electron chi connectivity index (χ3n) is 2.55. The second-order valence-corrected chi connectivity index (χ2v) is 5.98. The van der Waals surface area contributed by atoms with Gasteiger partial charge in [0, 0.05) is 12.4 Å². The molecule has 1 atom stereocenters. The van der Waals surface area contributed by atoms with Gasteiger partial charge in [-0.2, -0.15) is 8.42 Å². The lowest BCUT2D eigenvalue weighted by Gasteiger charge is -2.26. The smallest absolute Gasteiger partial charge is 0.285 e. The van der Waals surface area contributed by atoms with Crippen LogP contribution in [0.2, 0.25) is 0 Å². The maximum Gasteiger partial charge on any atom is 0.285 e. The lowest BCUT2D eigenvalue weighted by atomic mass is 10.2. The summed E-state index contributed by atoms with van der Waals surface area (Å²) in [5, 5.41) is 0. The second-order valence-electron chi connectivity index (χ2n) is 4.08. The predicted octanol–water partition coefficient (Wildman–Crippen LogP) is 2.10. The normalized spacial score (nSPS) is 18.8. The van der Waals surface area contributed by atoms with E-state index < -0.39 is 10.0 Å². The van der Waals surface area contributed by atoms with E-state index in [1.54, 1.807) is 18.2 Å². The van der Waals surface area contributed by atoms with E-state index in [0.29, 0.717) is 18.1 Å². The van der Waals surface area contributed by atoms with Gasteiger partial charge in [-0.3, -0.25) is 0 Å². The zero-order valence-corrected chi connectivity index (χ0v) is 10.9. The highest BCUT2D eigenvalue weighted by Crippen LogP contribution is 2.29. The first-order valence-corrected chi connectivity index (χ1v) is 7.24. The highest BCUT2D eigenvalue weighted by atomic mass is 35.5. The summed E-state index contributed by atoms with van der Waals surface area (Å²) in [5.41, 5.74) is 0.666. The summed E-state index contributed by atoms with van der Waals surface area (Å²) in [4.78, 5) is 2.08. The molecule has 0 bridgehead atoms. The van der Waals surface area contributed by atoms with E-state index in [2.05, 4.69) is 4.40 Å². The number of anilines is 1. The highest BCUT2D eigenvalue weighted by Gasteiger charge is 2.25. The monoisotopic (exact) mass is 272 g/mol. The Hall–Kier alpha value is -1.07. The molecule has 1 unspecified atom stereocenters. The topological polar surface area (TPSA) is 49.7 Å². The Morgan fingerprint density at radius 1 is 1.41 bits per heavy atom. The van der Waals surface area contributed by atoms with Crippen LogP contribution in [0.1, 0.15) is 6.92 Å². The van der Waals surface area contributed by atoms with Crippen molar-refractivity contribution in [1.29, 1.82) is 0 Å². The molecule has 1 aliphatic heterocycles. The molecule has 1 aromatic carbocycles. The van der Waals surface area contributed by atoms with E-state index in [1.807, 2.05) is 17.9 Å². The van der Waals surface area contributed by atoms with Gasteiger partial charge in [0.05, 0.1) is 5.69 Å². The van der Waals surface area contributed by atoms with Gasteiger partial charge in [-0.05, 0) is 18.1 Å². The first-order chi connectivity index (χ1) is 8.04. The number of alkyl halides is 1. The molecule has 4 nitrogen and oxygen atoms in total. The number of sulfonamides is 1. The molecule has 0 spiro atoms. The Morgan fingerprint density at radius 3 is 2.82 bits per heavy atom. The van der Waals surface area contributed by atoms with Gasteiger partial charge in [0.2, 0.25) is 0 Å². The molecule has 0 N–H and O–H groups in total. The molecule has 0 amide bonds. The summed E-state index contributed by atoms with van der Waals surface area (Å²) >= 11 is 5.76. The van der Waals surface area contributed by atoms with Crippen LogP contribution in [0.4, 0.5) is 5.69 Å².